The molecule has 0 aliphatic carbocycles. The predicted octanol–water partition coefficient (Wildman–Crippen LogP) is 0.715. The quantitative estimate of drug-likeness (QED) is 0.835. The van der Waals surface area contributed by atoms with Crippen LogP contribution in [0.25, 0.3) is 0 Å². The van der Waals surface area contributed by atoms with Crippen LogP contribution in [0.3, 0.4) is 0 Å². The molecule has 1 fully saturated rings. The van der Waals surface area contributed by atoms with Gasteiger partial charge in [-0.15, -0.1) is 0 Å². The number of ether oxygens (including phenoxy) is 3. The third-order valence-electron chi connectivity index (χ3n) is 3.88. The Balaban J connectivity index is 1.47. The number of fused-ring (bicyclic) bond motifs is 1. The SMILES string of the molecule is C[C@H](NC(=O)C1CCCO1)C(=O)NCc1ccc2c(c1)OCO2. The van der Waals surface area contributed by atoms with Gasteiger partial charge in [-0.2, -0.15) is 0 Å². The number of hydrogen-bond donors (Lipinski definition) is 2. The highest BCUT2D eigenvalue weighted by Gasteiger charge is 2.26. The average molecular weight is 320 g/mol. The summed E-state index contributed by atoms with van der Waals surface area (Å²) in [6.45, 7) is 2.83. The lowest BCUT2D eigenvalue weighted by atomic mass is 10.2. The molecular weight excluding hydrogens is 300 g/mol. The average Bonchev–Trinajstić information content (AvgIpc) is 3.22. The lowest BCUT2D eigenvalue weighted by Crippen LogP contribution is -2.47. The molecule has 0 radical (unpaired) electrons. The monoisotopic (exact) mass is 320 g/mol. The van der Waals surface area contributed by atoms with Crippen LogP contribution in [0.5, 0.6) is 11.5 Å². The molecule has 0 bridgehead atoms. The van der Waals surface area contributed by atoms with Crippen molar-refractivity contribution >= 4 is 11.8 Å². The van der Waals surface area contributed by atoms with Crippen LogP contribution in [0.2, 0.25) is 0 Å². The van der Waals surface area contributed by atoms with E-state index in [1.165, 1.54) is 0 Å². The molecule has 3 rings (SSSR count). The van der Waals surface area contributed by atoms with Crippen LogP contribution in [-0.4, -0.2) is 37.4 Å². The van der Waals surface area contributed by atoms with Gasteiger partial charge in [0.05, 0.1) is 0 Å². The standard InChI is InChI=1S/C16H20N2O5/c1-10(18-16(20)13-3-2-6-21-13)15(19)17-8-11-4-5-12-14(7-11)23-9-22-12/h4-5,7,10,13H,2-3,6,8-9H2,1H3,(H,17,19)(H,18,20)/t10-,13?/m0/s1. The van der Waals surface area contributed by atoms with Gasteiger partial charge in [0.2, 0.25) is 18.6 Å². The van der Waals surface area contributed by atoms with Gasteiger partial charge in [0.1, 0.15) is 12.1 Å². The first-order valence-electron chi connectivity index (χ1n) is 7.71. The molecule has 2 amide bonds. The van der Waals surface area contributed by atoms with Crippen molar-refractivity contribution in [3.05, 3.63) is 23.8 Å². The Morgan fingerprint density at radius 2 is 2.13 bits per heavy atom. The van der Waals surface area contributed by atoms with E-state index in [1.807, 2.05) is 18.2 Å². The second kappa shape index (κ2) is 6.87. The van der Waals surface area contributed by atoms with E-state index in [2.05, 4.69) is 10.6 Å². The maximum absolute atomic E-state index is 12.1. The summed E-state index contributed by atoms with van der Waals surface area (Å²) in [5.41, 5.74) is 0.903. The molecule has 23 heavy (non-hydrogen) atoms. The summed E-state index contributed by atoms with van der Waals surface area (Å²) >= 11 is 0. The zero-order valence-corrected chi connectivity index (χ0v) is 13.0. The molecule has 2 aliphatic heterocycles. The highest BCUT2D eigenvalue weighted by Crippen LogP contribution is 2.32. The van der Waals surface area contributed by atoms with Gasteiger partial charge in [0.25, 0.3) is 0 Å². The molecule has 7 heteroatoms. The van der Waals surface area contributed by atoms with Crippen molar-refractivity contribution in [3.63, 3.8) is 0 Å². The smallest absolute Gasteiger partial charge is 0.249 e. The van der Waals surface area contributed by atoms with E-state index >= 15 is 0 Å². The van der Waals surface area contributed by atoms with Gasteiger partial charge in [0.15, 0.2) is 11.5 Å². The molecule has 2 N–H and O–H groups in total. The summed E-state index contributed by atoms with van der Waals surface area (Å²) in [5, 5.41) is 5.47. The Morgan fingerprint density at radius 1 is 1.30 bits per heavy atom. The van der Waals surface area contributed by atoms with Crippen molar-refractivity contribution in [1.29, 1.82) is 0 Å². The van der Waals surface area contributed by atoms with Crippen LogP contribution in [0, 0.1) is 0 Å². The Morgan fingerprint density at radius 3 is 2.91 bits per heavy atom. The largest absolute Gasteiger partial charge is 0.454 e. The van der Waals surface area contributed by atoms with E-state index in [9.17, 15) is 9.59 Å². The summed E-state index contributed by atoms with van der Waals surface area (Å²) in [5.74, 6) is 0.913. The fraction of sp³-hybridized carbons (Fsp3) is 0.500. The predicted molar refractivity (Wildman–Crippen MR) is 81.0 cm³/mol. The summed E-state index contributed by atoms with van der Waals surface area (Å²) in [4.78, 5) is 24.0. The highest BCUT2D eigenvalue weighted by molar-refractivity contribution is 5.89. The Hall–Kier alpha value is -2.28. The van der Waals surface area contributed by atoms with Crippen molar-refractivity contribution in [2.45, 2.75) is 38.5 Å². The summed E-state index contributed by atoms with van der Waals surface area (Å²) in [6.07, 6.45) is 1.15. The first kappa shape index (κ1) is 15.6. The van der Waals surface area contributed by atoms with Gasteiger partial charge in [-0.25, -0.2) is 0 Å². The number of amides is 2. The van der Waals surface area contributed by atoms with Crippen molar-refractivity contribution in [2.24, 2.45) is 0 Å². The van der Waals surface area contributed by atoms with Gasteiger partial charge in [-0.3, -0.25) is 9.59 Å². The fourth-order valence-corrected chi connectivity index (χ4v) is 2.55. The maximum Gasteiger partial charge on any atom is 0.249 e. The molecule has 0 aromatic heterocycles. The van der Waals surface area contributed by atoms with E-state index in [1.54, 1.807) is 6.92 Å². The molecule has 1 aromatic carbocycles. The van der Waals surface area contributed by atoms with Gasteiger partial charge < -0.3 is 24.8 Å². The third kappa shape index (κ3) is 3.73. The van der Waals surface area contributed by atoms with Crippen LogP contribution in [0.15, 0.2) is 18.2 Å². The summed E-state index contributed by atoms with van der Waals surface area (Å²) in [6, 6.07) is 4.90. The normalized spacial score (nSPS) is 20.1. The van der Waals surface area contributed by atoms with Crippen LogP contribution < -0.4 is 20.1 Å². The minimum atomic E-state index is -0.610. The Bertz CT molecular complexity index is 598. The number of nitrogens with one attached hydrogen (secondary N) is 2. The first-order valence-corrected chi connectivity index (χ1v) is 7.71. The Labute approximate surface area is 134 Å². The van der Waals surface area contributed by atoms with Crippen molar-refractivity contribution in [2.75, 3.05) is 13.4 Å². The lowest BCUT2D eigenvalue weighted by molar-refractivity contribution is -0.134. The molecule has 2 atom stereocenters. The molecule has 0 saturated carbocycles. The van der Waals surface area contributed by atoms with E-state index in [4.69, 9.17) is 14.2 Å². The van der Waals surface area contributed by atoms with Crippen molar-refractivity contribution < 1.29 is 23.8 Å². The topological polar surface area (TPSA) is 85.9 Å². The number of carbonyl (C=O) groups is 2. The van der Waals surface area contributed by atoms with Crippen molar-refractivity contribution in [1.82, 2.24) is 10.6 Å². The minimum absolute atomic E-state index is 0.220. The molecule has 124 valence electrons. The van der Waals surface area contributed by atoms with E-state index in [0.717, 1.165) is 12.0 Å². The van der Waals surface area contributed by atoms with Crippen molar-refractivity contribution in [3.8, 4) is 11.5 Å². The van der Waals surface area contributed by atoms with Gasteiger partial charge in [-0.1, -0.05) is 6.07 Å². The molecule has 1 saturated heterocycles. The zero-order chi connectivity index (χ0) is 16.2. The Kier molecular flexibility index (Phi) is 4.66. The molecule has 1 aromatic rings. The minimum Gasteiger partial charge on any atom is -0.454 e. The van der Waals surface area contributed by atoms with Gasteiger partial charge >= 0.3 is 0 Å². The number of hydrogen-bond acceptors (Lipinski definition) is 5. The second-order valence-corrected chi connectivity index (χ2v) is 5.64. The zero-order valence-electron chi connectivity index (χ0n) is 13.0. The maximum atomic E-state index is 12.1. The van der Waals surface area contributed by atoms with E-state index < -0.39 is 12.1 Å². The van der Waals surface area contributed by atoms with Gasteiger partial charge in [0, 0.05) is 13.2 Å². The van der Waals surface area contributed by atoms with E-state index in [-0.39, 0.29) is 18.6 Å². The first-order chi connectivity index (χ1) is 11.1. The van der Waals surface area contributed by atoms with Crippen LogP contribution >= 0.6 is 0 Å². The number of carbonyl (C=O) groups excluding carboxylic acids is 2. The third-order valence-corrected chi connectivity index (χ3v) is 3.88. The van der Waals surface area contributed by atoms with Crippen LogP contribution in [0.1, 0.15) is 25.3 Å². The van der Waals surface area contributed by atoms with Gasteiger partial charge in [-0.05, 0) is 37.5 Å². The molecule has 0 spiro atoms. The molecule has 1 unspecified atom stereocenters. The fourth-order valence-electron chi connectivity index (χ4n) is 2.55. The van der Waals surface area contributed by atoms with Crippen LogP contribution in [0.4, 0.5) is 0 Å². The summed E-state index contributed by atoms with van der Waals surface area (Å²) in [7, 11) is 0. The molecular formula is C16H20N2O5. The summed E-state index contributed by atoms with van der Waals surface area (Å²) < 4.78 is 15.8. The molecule has 7 nitrogen and oxygen atoms in total. The van der Waals surface area contributed by atoms with Crippen LogP contribution in [-0.2, 0) is 20.9 Å². The highest BCUT2D eigenvalue weighted by atomic mass is 16.7. The molecule has 2 aliphatic rings. The number of rotatable bonds is 5. The lowest BCUT2D eigenvalue weighted by Gasteiger charge is -2.16. The van der Waals surface area contributed by atoms with E-state index in [0.29, 0.717) is 31.1 Å². The second-order valence-electron chi connectivity index (χ2n) is 5.64. The molecule has 2 heterocycles. The number of benzene rings is 1.